The van der Waals surface area contributed by atoms with Crippen LogP contribution in [0.4, 0.5) is 35.1 Å². The van der Waals surface area contributed by atoms with Crippen molar-refractivity contribution in [2.75, 3.05) is 13.2 Å². The van der Waals surface area contributed by atoms with E-state index in [1.54, 1.807) is 0 Å². The highest BCUT2D eigenvalue weighted by Crippen LogP contribution is 2.54. The minimum absolute atomic E-state index is 0.0396. The Bertz CT molecular complexity index is 682. The Morgan fingerprint density at radius 1 is 0.939 bits per heavy atom. The van der Waals surface area contributed by atoms with Gasteiger partial charge in [-0.05, 0) is 52.0 Å². The second-order valence-corrected chi connectivity index (χ2v) is 17.6. The molecule has 0 aromatic carbocycles. The molecule has 0 aliphatic rings. The Morgan fingerprint density at radius 2 is 1.45 bits per heavy atom. The molecule has 33 heavy (non-hydrogen) atoms. The second kappa shape index (κ2) is 11.2. The highest BCUT2D eigenvalue weighted by atomic mass is 28.4. The van der Waals surface area contributed by atoms with Crippen molar-refractivity contribution < 1.29 is 53.5 Å². The monoisotopic (exact) mass is 532 g/mol. The van der Waals surface area contributed by atoms with Crippen molar-refractivity contribution in [1.82, 2.24) is 0 Å². The van der Waals surface area contributed by atoms with E-state index in [0.29, 0.717) is 0 Å². The Balaban J connectivity index is 6.36. The van der Waals surface area contributed by atoms with Crippen LogP contribution in [0.15, 0.2) is 12.2 Å². The molecule has 196 valence electrons. The molecule has 0 aliphatic heterocycles. The molecular weight excluding hydrogens is 500 g/mol. The number of hydrogen-bond acceptors (Lipinski definition) is 4. The first-order valence-electron chi connectivity index (χ1n) is 10.2. The van der Waals surface area contributed by atoms with E-state index in [9.17, 15) is 26.7 Å². The van der Waals surface area contributed by atoms with Crippen LogP contribution in [-0.4, -0.2) is 59.3 Å². The summed E-state index contributed by atoms with van der Waals surface area (Å²) in [6, 6.07) is -0.585. The van der Waals surface area contributed by atoms with Crippen molar-refractivity contribution in [3.8, 4) is 0 Å². The average Bonchev–Trinajstić information content (AvgIpc) is 2.58. The van der Waals surface area contributed by atoms with Crippen LogP contribution in [-0.2, 0) is 18.4 Å². The van der Waals surface area contributed by atoms with Crippen molar-refractivity contribution >= 4 is 22.6 Å². The maximum absolute atomic E-state index is 16.1. The molecule has 4 nitrogen and oxygen atoms in total. The van der Waals surface area contributed by atoms with Crippen molar-refractivity contribution in [3.05, 3.63) is 12.2 Å². The third-order valence-corrected chi connectivity index (χ3v) is 11.8. The lowest BCUT2D eigenvalue weighted by atomic mass is 10.1. The molecule has 0 N–H and O–H groups in total. The molecule has 0 heterocycles. The Morgan fingerprint density at radius 3 is 1.85 bits per heavy atom. The summed E-state index contributed by atoms with van der Waals surface area (Å²) in [7, 11) is -7.64. The predicted octanol–water partition coefficient (Wildman–Crippen LogP) is 6.78. The maximum Gasteiger partial charge on any atom is 0.395 e. The summed E-state index contributed by atoms with van der Waals surface area (Å²) >= 11 is 0. The zero-order chi connectivity index (χ0) is 26.5. The Kier molecular flexibility index (Phi) is 10.8. The van der Waals surface area contributed by atoms with Crippen molar-refractivity contribution in [2.45, 2.75) is 88.8 Å². The van der Waals surface area contributed by atoms with E-state index in [1.807, 2.05) is 0 Å². The molecule has 2 atom stereocenters. The number of ether oxygens (including phenoxy) is 2. The summed E-state index contributed by atoms with van der Waals surface area (Å²) in [5.74, 6) is -12.5. The Labute approximate surface area is 190 Å². The van der Waals surface area contributed by atoms with Crippen LogP contribution < -0.4 is 0 Å². The Hall–Kier alpha value is -0.996. The molecule has 0 saturated heterocycles. The van der Waals surface area contributed by atoms with E-state index >= 15 is 13.2 Å². The van der Waals surface area contributed by atoms with Crippen LogP contribution in [0.2, 0.25) is 32.2 Å². The largest absolute Gasteiger partial charge is 0.462 e. The highest BCUT2D eigenvalue weighted by Gasteiger charge is 2.79. The van der Waals surface area contributed by atoms with Crippen molar-refractivity contribution in [1.29, 1.82) is 0 Å². The van der Waals surface area contributed by atoms with Crippen molar-refractivity contribution in [2.24, 2.45) is 0 Å². The van der Waals surface area contributed by atoms with Gasteiger partial charge >= 0.3 is 24.0 Å². The lowest BCUT2D eigenvalue weighted by molar-refractivity contribution is -0.340. The number of rotatable bonds is 14. The van der Waals surface area contributed by atoms with Gasteiger partial charge in [-0.25, -0.2) is 9.18 Å². The molecule has 0 radical (unpaired) electrons. The van der Waals surface area contributed by atoms with Crippen LogP contribution in [0.5, 0.6) is 0 Å². The van der Waals surface area contributed by atoms with E-state index < -0.39 is 71.8 Å². The SMILES string of the molecule is C=C(C)C(=O)OCCC[Si](C)(O[Si](C)(C)C)C(F)(OCCC)C(F)(F)C(F)(F)CC(F)(F)F. The van der Waals surface area contributed by atoms with Crippen LogP contribution in [0.1, 0.15) is 33.1 Å². The zero-order valence-corrected chi connectivity index (χ0v) is 21.6. The zero-order valence-electron chi connectivity index (χ0n) is 19.6. The second-order valence-electron chi connectivity index (χ2n) is 8.98. The number of halogens is 8. The first kappa shape index (κ1) is 32.0. The van der Waals surface area contributed by atoms with E-state index in [4.69, 9.17) is 8.85 Å². The van der Waals surface area contributed by atoms with Gasteiger partial charge < -0.3 is 13.6 Å². The number of esters is 1. The summed E-state index contributed by atoms with van der Waals surface area (Å²) in [6.07, 6.45) is -9.26. The van der Waals surface area contributed by atoms with Gasteiger partial charge in [-0.15, -0.1) is 0 Å². The normalized spacial score (nSPS) is 17.3. The molecule has 0 amide bonds. The summed E-state index contributed by atoms with van der Waals surface area (Å²) in [5.41, 5.74) is -4.46. The van der Waals surface area contributed by atoms with Crippen LogP contribution in [0.25, 0.3) is 0 Å². The number of alkyl halides is 8. The van der Waals surface area contributed by atoms with Crippen molar-refractivity contribution in [3.63, 3.8) is 0 Å². The van der Waals surface area contributed by atoms with Gasteiger partial charge in [0.25, 0.3) is 13.8 Å². The molecule has 2 unspecified atom stereocenters. The molecule has 0 aromatic heterocycles. The molecule has 0 aromatic rings. The summed E-state index contributed by atoms with van der Waals surface area (Å²) in [4.78, 5) is 11.5. The highest BCUT2D eigenvalue weighted by molar-refractivity contribution is 6.86. The topological polar surface area (TPSA) is 44.8 Å². The molecule has 0 rings (SSSR count). The van der Waals surface area contributed by atoms with Gasteiger partial charge in [0.1, 0.15) is 6.42 Å². The molecular formula is C19H32F8O4Si2. The number of hydrogen-bond donors (Lipinski definition) is 0. The minimum Gasteiger partial charge on any atom is -0.462 e. The van der Waals surface area contributed by atoms with Gasteiger partial charge in [-0.3, -0.25) is 0 Å². The van der Waals surface area contributed by atoms with E-state index in [2.05, 4.69) is 11.3 Å². The fourth-order valence-corrected chi connectivity index (χ4v) is 11.8. The van der Waals surface area contributed by atoms with Gasteiger partial charge in [0, 0.05) is 5.57 Å². The smallest absolute Gasteiger partial charge is 0.395 e. The maximum atomic E-state index is 16.1. The standard InChI is InChI=1S/C19H32F8O4Si2/c1-8-10-30-19(27,18(25,26)16(20,21)13-17(22,23)24)33(7,31-32(4,5)6)12-9-11-29-15(28)14(2)3/h2,8-13H2,1,3-7H3. The molecule has 0 bridgehead atoms. The van der Waals surface area contributed by atoms with E-state index in [-0.39, 0.29) is 18.4 Å². The first-order valence-corrected chi connectivity index (χ1v) is 16.3. The van der Waals surface area contributed by atoms with Gasteiger partial charge in [-0.2, -0.15) is 30.7 Å². The first-order chi connectivity index (χ1) is 14.6. The fourth-order valence-electron chi connectivity index (χ4n) is 3.07. The molecule has 0 spiro atoms. The quantitative estimate of drug-likeness (QED) is 0.0814. The van der Waals surface area contributed by atoms with Crippen LogP contribution in [0, 0.1) is 0 Å². The predicted molar refractivity (Wildman–Crippen MR) is 112 cm³/mol. The van der Waals surface area contributed by atoms with Gasteiger partial charge in [0.05, 0.1) is 13.2 Å². The fraction of sp³-hybridized carbons (Fsp3) is 0.842. The van der Waals surface area contributed by atoms with Crippen LogP contribution >= 0.6 is 0 Å². The third kappa shape index (κ3) is 8.62. The molecule has 0 saturated carbocycles. The summed E-state index contributed by atoms with van der Waals surface area (Å²) in [5, 5.41) is 0. The molecule has 14 heteroatoms. The van der Waals surface area contributed by atoms with Gasteiger partial charge in [-0.1, -0.05) is 13.5 Å². The average molecular weight is 533 g/mol. The van der Waals surface area contributed by atoms with Gasteiger partial charge in [0.2, 0.25) is 0 Å². The van der Waals surface area contributed by atoms with E-state index in [1.165, 1.54) is 33.5 Å². The minimum atomic E-state index is -5.86. The summed E-state index contributed by atoms with van der Waals surface area (Å²) in [6.45, 7) is 10.3. The molecule has 0 aliphatic carbocycles. The number of carbonyl (C=O) groups excluding carboxylic acids is 1. The lowest BCUT2D eigenvalue weighted by Gasteiger charge is -2.48. The van der Waals surface area contributed by atoms with Gasteiger partial charge in [0.15, 0.2) is 8.32 Å². The number of carbonyl (C=O) groups is 1. The van der Waals surface area contributed by atoms with E-state index in [0.717, 1.165) is 6.55 Å². The lowest BCUT2D eigenvalue weighted by Crippen LogP contribution is -2.73. The van der Waals surface area contributed by atoms with Crippen LogP contribution in [0.3, 0.4) is 0 Å². The third-order valence-electron chi connectivity index (χ3n) is 4.38. The molecule has 0 fully saturated rings. The summed E-state index contributed by atoms with van der Waals surface area (Å²) < 4.78 is 128.